The molecule has 0 aliphatic heterocycles. The summed E-state index contributed by atoms with van der Waals surface area (Å²) in [4.78, 5) is 13.0. The van der Waals surface area contributed by atoms with Crippen molar-refractivity contribution in [3.8, 4) is 0 Å². The molecule has 23 heavy (non-hydrogen) atoms. The maximum Gasteiger partial charge on any atom is 0.188 e. The Kier molecular flexibility index (Phi) is 5.86. The number of halogens is 1. The van der Waals surface area contributed by atoms with Gasteiger partial charge in [-0.15, -0.1) is 3.89 Å². The van der Waals surface area contributed by atoms with Gasteiger partial charge in [0, 0.05) is 35.0 Å². The van der Waals surface area contributed by atoms with E-state index in [2.05, 4.69) is 5.10 Å². The number of aliphatic hydroxyl groups excluding tert-OH is 1. The number of aromatic nitrogens is 3. The largest absolute Gasteiger partial charge is 0.400 e. The number of nitrogens with zero attached hydrogens (tertiary/aromatic N) is 3. The standard InChI is InChI=1S/C14H12FN3OS2.CH4O/c1-9-14(6-11(8-19)17(9)2)20-12-3-4-13-10(5-12)7-16-18(13)21-15;1-2/h3-8H,1-2H3;2H,1H3. The molecule has 2 heterocycles. The summed E-state index contributed by atoms with van der Waals surface area (Å²) in [6.45, 7) is 1.98. The minimum absolute atomic E-state index is 0.0821. The highest BCUT2D eigenvalue weighted by atomic mass is 32.2. The molecule has 1 N–H and O–H groups in total. The van der Waals surface area contributed by atoms with Gasteiger partial charge in [-0.2, -0.15) is 9.19 Å². The van der Waals surface area contributed by atoms with E-state index >= 15 is 0 Å². The highest BCUT2D eigenvalue weighted by Crippen LogP contribution is 2.34. The first-order valence-corrected chi connectivity index (χ1v) is 8.14. The molecule has 5 nitrogen and oxygen atoms in total. The third kappa shape index (κ3) is 3.44. The van der Waals surface area contributed by atoms with Crippen LogP contribution in [0, 0.1) is 6.92 Å². The summed E-state index contributed by atoms with van der Waals surface area (Å²) >= 11 is 1.66. The van der Waals surface area contributed by atoms with Crippen molar-refractivity contribution in [3.63, 3.8) is 0 Å². The van der Waals surface area contributed by atoms with Gasteiger partial charge in [-0.05, 0) is 31.2 Å². The Bertz CT molecular complexity index is 830. The number of hydrogen-bond donors (Lipinski definition) is 1. The van der Waals surface area contributed by atoms with Crippen LogP contribution in [0.15, 0.2) is 40.3 Å². The first-order valence-electron chi connectivity index (χ1n) is 6.65. The number of aldehydes is 1. The summed E-state index contributed by atoms with van der Waals surface area (Å²) in [5.41, 5.74) is 2.43. The Hall–Kier alpha value is -1.77. The molecule has 0 amide bonds. The third-order valence-electron chi connectivity index (χ3n) is 3.45. The predicted molar refractivity (Wildman–Crippen MR) is 91.6 cm³/mol. The number of aliphatic hydroxyl groups is 1. The minimum atomic E-state index is 0.0821. The third-order valence-corrected chi connectivity index (χ3v) is 4.99. The van der Waals surface area contributed by atoms with Gasteiger partial charge in [-0.25, -0.2) is 0 Å². The van der Waals surface area contributed by atoms with Crippen molar-refractivity contribution in [1.29, 1.82) is 0 Å². The van der Waals surface area contributed by atoms with Crippen LogP contribution in [0.5, 0.6) is 0 Å². The summed E-state index contributed by atoms with van der Waals surface area (Å²) < 4.78 is 15.8. The smallest absolute Gasteiger partial charge is 0.188 e. The Morgan fingerprint density at radius 3 is 2.65 bits per heavy atom. The molecule has 1 aromatic carbocycles. The van der Waals surface area contributed by atoms with Crippen LogP contribution < -0.4 is 0 Å². The highest BCUT2D eigenvalue weighted by molar-refractivity contribution is 7.99. The molecule has 0 fully saturated rings. The van der Waals surface area contributed by atoms with Crippen LogP contribution in [0.1, 0.15) is 16.2 Å². The predicted octanol–water partition coefficient (Wildman–Crippen LogP) is 3.64. The van der Waals surface area contributed by atoms with Gasteiger partial charge < -0.3 is 9.67 Å². The van der Waals surface area contributed by atoms with E-state index in [0.29, 0.717) is 5.69 Å². The molecule has 3 aromatic rings. The molecule has 3 rings (SSSR count). The van der Waals surface area contributed by atoms with Crippen LogP contribution in [0.25, 0.3) is 10.9 Å². The second-order valence-corrected chi connectivity index (χ2v) is 6.20. The van der Waals surface area contributed by atoms with Crippen LogP contribution in [0.2, 0.25) is 0 Å². The average Bonchev–Trinajstić information content (AvgIpc) is 3.12. The maximum atomic E-state index is 12.7. The van der Waals surface area contributed by atoms with E-state index in [1.807, 2.05) is 42.8 Å². The van der Waals surface area contributed by atoms with Gasteiger partial charge in [-0.3, -0.25) is 4.79 Å². The zero-order valence-electron chi connectivity index (χ0n) is 12.9. The fourth-order valence-electron chi connectivity index (χ4n) is 2.14. The van der Waals surface area contributed by atoms with E-state index < -0.39 is 0 Å². The highest BCUT2D eigenvalue weighted by Gasteiger charge is 2.11. The molecule has 122 valence electrons. The quantitative estimate of drug-likeness (QED) is 0.726. The van der Waals surface area contributed by atoms with Crippen molar-refractivity contribution in [2.24, 2.45) is 7.05 Å². The molecule has 0 saturated heterocycles. The topological polar surface area (TPSA) is 60.1 Å². The number of carbonyl (C=O) groups is 1. The molecule has 0 spiro atoms. The van der Waals surface area contributed by atoms with Crippen LogP contribution >= 0.6 is 24.1 Å². The lowest BCUT2D eigenvalue weighted by Crippen LogP contribution is -1.95. The molecule has 0 atom stereocenters. The number of carbonyl (C=O) groups excluding carboxylic acids is 1. The van der Waals surface area contributed by atoms with E-state index in [1.165, 1.54) is 4.09 Å². The lowest BCUT2D eigenvalue weighted by Gasteiger charge is -2.03. The monoisotopic (exact) mass is 353 g/mol. The van der Waals surface area contributed by atoms with Crippen molar-refractivity contribution < 1.29 is 13.8 Å². The minimum Gasteiger partial charge on any atom is -0.400 e. The normalized spacial score (nSPS) is 10.5. The van der Waals surface area contributed by atoms with Crippen molar-refractivity contribution in [1.82, 2.24) is 13.8 Å². The van der Waals surface area contributed by atoms with E-state index in [9.17, 15) is 8.68 Å². The lowest BCUT2D eigenvalue weighted by molar-refractivity contribution is 0.111. The SMILES string of the molecule is CO.Cc1c(Sc2ccc3c(cnn3SF)c2)cc(C=O)n1C. The molecule has 8 heteroatoms. The zero-order valence-corrected chi connectivity index (χ0v) is 14.5. The molecular weight excluding hydrogens is 337 g/mol. The van der Waals surface area contributed by atoms with Crippen LogP contribution in [-0.2, 0) is 7.05 Å². The summed E-state index contributed by atoms with van der Waals surface area (Å²) in [7, 11) is 2.87. The van der Waals surface area contributed by atoms with Gasteiger partial charge in [0.15, 0.2) is 18.6 Å². The van der Waals surface area contributed by atoms with Crippen molar-refractivity contribution in [2.45, 2.75) is 16.7 Å². The maximum absolute atomic E-state index is 12.7. The second kappa shape index (κ2) is 7.67. The first-order chi connectivity index (χ1) is 11.1. The van der Waals surface area contributed by atoms with Crippen LogP contribution in [-0.4, -0.2) is 32.3 Å². The van der Waals surface area contributed by atoms with E-state index in [1.54, 1.807) is 18.0 Å². The van der Waals surface area contributed by atoms with Gasteiger partial charge in [0.2, 0.25) is 0 Å². The second-order valence-electron chi connectivity index (χ2n) is 4.60. The van der Waals surface area contributed by atoms with Crippen LogP contribution in [0.3, 0.4) is 0 Å². The van der Waals surface area contributed by atoms with E-state index in [4.69, 9.17) is 5.11 Å². The number of fused-ring (bicyclic) bond motifs is 1. The van der Waals surface area contributed by atoms with Gasteiger partial charge in [-0.1, -0.05) is 11.8 Å². The van der Waals surface area contributed by atoms with Gasteiger partial charge in [0.25, 0.3) is 0 Å². The first kappa shape index (κ1) is 17.6. The molecule has 0 saturated carbocycles. The molecular formula is C15H16FN3O2S2. The lowest BCUT2D eigenvalue weighted by atomic mass is 10.3. The number of hydrogen-bond acceptors (Lipinski definition) is 5. The molecule has 2 aromatic heterocycles. The Labute approximate surface area is 141 Å². The molecule has 0 unspecified atom stereocenters. The summed E-state index contributed by atoms with van der Waals surface area (Å²) in [5, 5.41) is 11.8. The van der Waals surface area contributed by atoms with Gasteiger partial charge in [0.1, 0.15) is 0 Å². The van der Waals surface area contributed by atoms with Crippen molar-refractivity contribution in [2.75, 3.05) is 7.11 Å². The van der Waals surface area contributed by atoms with Crippen LogP contribution in [0.4, 0.5) is 3.89 Å². The summed E-state index contributed by atoms with van der Waals surface area (Å²) in [6.07, 6.45) is 2.49. The molecule has 0 aliphatic carbocycles. The van der Waals surface area contributed by atoms with Gasteiger partial charge >= 0.3 is 0 Å². The fourth-order valence-corrected chi connectivity index (χ4v) is 3.51. The summed E-state index contributed by atoms with van der Waals surface area (Å²) in [5.74, 6) is 0. The van der Waals surface area contributed by atoms with Crippen molar-refractivity contribution >= 4 is 41.3 Å². The van der Waals surface area contributed by atoms with E-state index in [-0.39, 0.29) is 12.3 Å². The van der Waals surface area contributed by atoms with Crippen molar-refractivity contribution in [3.05, 3.63) is 41.9 Å². The molecule has 0 radical (unpaired) electrons. The molecule has 0 bridgehead atoms. The van der Waals surface area contributed by atoms with E-state index in [0.717, 1.165) is 39.8 Å². The number of benzene rings is 1. The number of rotatable bonds is 4. The fraction of sp³-hybridized carbons (Fsp3) is 0.200. The zero-order chi connectivity index (χ0) is 17.0. The Balaban J connectivity index is 0.000000924. The summed E-state index contributed by atoms with van der Waals surface area (Å²) in [6, 6.07) is 7.61. The Morgan fingerprint density at radius 1 is 1.30 bits per heavy atom. The van der Waals surface area contributed by atoms with Gasteiger partial charge in [0.05, 0.1) is 17.4 Å². The molecule has 0 aliphatic rings. The average molecular weight is 353 g/mol. The Morgan fingerprint density at radius 2 is 2.04 bits per heavy atom.